The molecule has 0 saturated carbocycles. The molecule has 1 aromatic rings. The average molecular weight is 367 g/mol. The molecule has 142 valence electrons. The normalized spacial score (nSPS) is 10.9. The van der Waals surface area contributed by atoms with Gasteiger partial charge in [-0.05, 0) is 30.9 Å². The molecule has 25 heavy (non-hydrogen) atoms. The van der Waals surface area contributed by atoms with E-state index in [4.69, 9.17) is 16.7 Å². The van der Waals surface area contributed by atoms with Gasteiger partial charge in [0.2, 0.25) is 0 Å². The van der Waals surface area contributed by atoms with Crippen LogP contribution in [0.15, 0.2) is 24.3 Å². The minimum absolute atomic E-state index is 0.332. The molecule has 0 saturated heterocycles. The quantitative estimate of drug-likeness (QED) is 0.309. The number of hydrogen-bond donors (Lipinski definition) is 1. The summed E-state index contributed by atoms with van der Waals surface area (Å²) in [5.41, 5.74) is 1.28. The van der Waals surface area contributed by atoms with Crippen molar-refractivity contribution in [1.29, 1.82) is 0 Å². The van der Waals surface area contributed by atoms with Gasteiger partial charge in [0.15, 0.2) is 0 Å². The van der Waals surface area contributed by atoms with Gasteiger partial charge in [0.1, 0.15) is 0 Å². The van der Waals surface area contributed by atoms with Gasteiger partial charge < -0.3 is 5.11 Å². The van der Waals surface area contributed by atoms with Gasteiger partial charge in [-0.1, -0.05) is 100 Å². The van der Waals surface area contributed by atoms with Crippen LogP contribution in [0.2, 0.25) is 5.02 Å². The first-order valence-electron chi connectivity index (χ1n) is 10.2. The molecule has 0 aromatic heterocycles. The highest BCUT2D eigenvalue weighted by Crippen LogP contribution is 2.18. The molecule has 3 heteroatoms. The second-order valence-electron chi connectivity index (χ2n) is 7.08. The molecule has 0 heterocycles. The third-order valence-electron chi connectivity index (χ3n) is 4.79. The molecular formula is C22H35ClO2. The molecular weight excluding hydrogens is 332 g/mol. The first kappa shape index (κ1) is 22.0. The highest BCUT2D eigenvalue weighted by molar-refractivity contribution is 6.31. The minimum atomic E-state index is -0.663. The van der Waals surface area contributed by atoms with Gasteiger partial charge in [-0.25, -0.2) is 0 Å². The molecule has 1 aromatic carbocycles. The topological polar surface area (TPSA) is 37.3 Å². The predicted octanol–water partition coefficient (Wildman–Crippen LogP) is 7.43. The van der Waals surface area contributed by atoms with Gasteiger partial charge in [0, 0.05) is 11.4 Å². The third kappa shape index (κ3) is 12.9. The Balaban J connectivity index is 1.77. The van der Waals surface area contributed by atoms with Crippen molar-refractivity contribution in [3.63, 3.8) is 0 Å². The van der Waals surface area contributed by atoms with Crippen molar-refractivity contribution in [2.45, 2.75) is 96.3 Å². The Morgan fingerprint density at radius 3 is 1.64 bits per heavy atom. The summed E-state index contributed by atoms with van der Waals surface area (Å²) >= 11 is 6.17. The fourth-order valence-electron chi connectivity index (χ4n) is 3.24. The van der Waals surface area contributed by atoms with E-state index in [1.165, 1.54) is 76.2 Å². The predicted molar refractivity (Wildman–Crippen MR) is 107 cm³/mol. The average Bonchev–Trinajstić information content (AvgIpc) is 2.59. The van der Waals surface area contributed by atoms with Crippen LogP contribution in [0.3, 0.4) is 0 Å². The van der Waals surface area contributed by atoms with Crippen molar-refractivity contribution >= 4 is 17.6 Å². The number of benzene rings is 1. The number of hydrogen-bond acceptors (Lipinski definition) is 1. The van der Waals surface area contributed by atoms with E-state index in [2.05, 4.69) is 12.1 Å². The molecule has 0 spiro atoms. The standard InChI is InChI=1S/C22H35ClO2/c23-21-18-15-14-17-20(21)16-12-10-8-6-4-2-1-3-5-7-9-11-13-19-22(24)25/h14-15,17-18H,1-13,16,19H2,(H,24,25). The molecule has 0 unspecified atom stereocenters. The van der Waals surface area contributed by atoms with Crippen LogP contribution in [-0.4, -0.2) is 11.1 Å². The van der Waals surface area contributed by atoms with Crippen LogP contribution in [0, 0.1) is 0 Å². The van der Waals surface area contributed by atoms with Crippen LogP contribution >= 0.6 is 11.6 Å². The molecule has 0 bridgehead atoms. The fourth-order valence-corrected chi connectivity index (χ4v) is 3.47. The van der Waals surface area contributed by atoms with Gasteiger partial charge in [-0.3, -0.25) is 4.79 Å². The summed E-state index contributed by atoms with van der Waals surface area (Å²) in [4.78, 5) is 10.4. The second kappa shape index (κ2) is 15.3. The fraction of sp³-hybridized carbons (Fsp3) is 0.682. The van der Waals surface area contributed by atoms with E-state index in [0.29, 0.717) is 6.42 Å². The summed E-state index contributed by atoms with van der Waals surface area (Å²) < 4.78 is 0. The number of carboxylic acids is 1. The monoisotopic (exact) mass is 366 g/mol. The third-order valence-corrected chi connectivity index (χ3v) is 5.16. The van der Waals surface area contributed by atoms with E-state index in [1.807, 2.05) is 12.1 Å². The zero-order chi connectivity index (χ0) is 18.2. The maximum Gasteiger partial charge on any atom is 0.303 e. The van der Waals surface area contributed by atoms with Crippen molar-refractivity contribution in [3.8, 4) is 0 Å². The maximum absolute atomic E-state index is 10.4. The summed E-state index contributed by atoms with van der Waals surface area (Å²) in [5.74, 6) is -0.663. The SMILES string of the molecule is O=C(O)CCCCCCCCCCCCCCCc1ccccc1Cl. The van der Waals surface area contributed by atoms with Crippen molar-refractivity contribution in [2.24, 2.45) is 0 Å². The Hall–Kier alpha value is -1.02. The van der Waals surface area contributed by atoms with Gasteiger partial charge in [0.05, 0.1) is 0 Å². The Morgan fingerprint density at radius 2 is 1.16 bits per heavy atom. The summed E-state index contributed by atoms with van der Waals surface area (Å²) in [7, 11) is 0. The molecule has 1 N–H and O–H groups in total. The van der Waals surface area contributed by atoms with Crippen LogP contribution in [0.5, 0.6) is 0 Å². The zero-order valence-corrected chi connectivity index (χ0v) is 16.4. The lowest BCUT2D eigenvalue weighted by Gasteiger charge is -2.05. The molecule has 0 radical (unpaired) electrons. The summed E-state index contributed by atoms with van der Waals surface area (Å²) in [6, 6.07) is 8.17. The minimum Gasteiger partial charge on any atom is -0.481 e. The summed E-state index contributed by atoms with van der Waals surface area (Å²) in [6.07, 6.45) is 17.8. The highest BCUT2D eigenvalue weighted by atomic mass is 35.5. The van der Waals surface area contributed by atoms with Crippen LogP contribution in [0.4, 0.5) is 0 Å². The molecule has 0 aliphatic heterocycles. The first-order valence-corrected chi connectivity index (χ1v) is 10.5. The largest absolute Gasteiger partial charge is 0.481 e. The van der Waals surface area contributed by atoms with E-state index in [-0.39, 0.29) is 0 Å². The summed E-state index contributed by atoms with van der Waals surface area (Å²) in [6.45, 7) is 0. The number of rotatable bonds is 16. The lowest BCUT2D eigenvalue weighted by Crippen LogP contribution is -1.93. The lowest BCUT2D eigenvalue weighted by atomic mass is 10.0. The van der Waals surface area contributed by atoms with Gasteiger partial charge in [0.25, 0.3) is 0 Å². The van der Waals surface area contributed by atoms with Crippen LogP contribution in [0.25, 0.3) is 0 Å². The molecule has 0 amide bonds. The van der Waals surface area contributed by atoms with E-state index in [9.17, 15) is 4.79 Å². The number of aliphatic carboxylic acids is 1. The Morgan fingerprint density at radius 1 is 0.720 bits per heavy atom. The van der Waals surface area contributed by atoms with Crippen LogP contribution in [0.1, 0.15) is 95.5 Å². The van der Waals surface area contributed by atoms with E-state index in [0.717, 1.165) is 24.3 Å². The van der Waals surface area contributed by atoms with Crippen molar-refractivity contribution < 1.29 is 9.90 Å². The second-order valence-corrected chi connectivity index (χ2v) is 7.49. The van der Waals surface area contributed by atoms with Crippen molar-refractivity contribution in [1.82, 2.24) is 0 Å². The van der Waals surface area contributed by atoms with Crippen LogP contribution < -0.4 is 0 Å². The molecule has 0 atom stereocenters. The van der Waals surface area contributed by atoms with E-state index in [1.54, 1.807) is 0 Å². The van der Waals surface area contributed by atoms with Crippen LogP contribution in [-0.2, 0) is 11.2 Å². The van der Waals surface area contributed by atoms with Crippen molar-refractivity contribution in [3.05, 3.63) is 34.9 Å². The Bertz CT molecular complexity index is 459. The number of halogens is 1. The van der Waals surface area contributed by atoms with Crippen molar-refractivity contribution in [2.75, 3.05) is 0 Å². The van der Waals surface area contributed by atoms with Gasteiger partial charge in [-0.15, -0.1) is 0 Å². The smallest absolute Gasteiger partial charge is 0.303 e. The number of aryl methyl sites for hydroxylation is 1. The van der Waals surface area contributed by atoms with Gasteiger partial charge >= 0.3 is 5.97 Å². The number of carboxylic acid groups (broad SMARTS) is 1. The highest BCUT2D eigenvalue weighted by Gasteiger charge is 1.99. The Labute approximate surface area is 159 Å². The number of unbranched alkanes of at least 4 members (excludes halogenated alkanes) is 12. The first-order chi connectivity index (χ1) is 12.2. The molecule has 0 fully saturated rings. The molecule has 0 aliphatic rings. The molecule has 1 rings (SSSR count). The zero-order valence-electron chi connectivity index (χ0n) is 15.6. The van der Waals surface area contributed by atoms with E-state index >= 15 is 0 Å². The Kier molecular flexibility index (Phi) is 13.4. The lowest BCUT2D eigenvalue weighted by molar-refractivity contribution is -0.137. The van der Waals surface area contributed by atoms with Gasteiger partial charge in [-0.2, -0.15) is 0 Å². The molecule has 2 nitrogen and oxygen atoms in total. The molecule has 0 aliphatic carbocycles. The van der Waals surface area contributed by atoms with E-state index < -0.39 is 5.97 Å². The maximum atomic E-state index is 10.4. The number of carbonyl (C=O) groups is 1. The summed E-state index contributed by atoms with van der Waals surface area (Å²) in [5, 5.41) is 9.47.